The predicted molar refractivity (Wildman–Crippen MR) is 98.9 cm³/mol. The van der Waals surface area contributed by atoms with E-state index in [1.165, 1.54) is 17.5 Å². The number of piperazine rings is 1. The Hall–Kier alpha value is -2.85. The molecule has 0 aliphatic carbocycles. The van der Waals surface area contributed by atoms with Gasteiger partial charge in [-0.3, -0.25) is 0 Å². The van der Waals surface area contributed by atoms with E-state index in [-0.39, 0.29) is 6.04 Å². The number of carbonyl (C=O) groups excluding carboxylic acids is 1. The van der Waals surface area contributed by atoms with Crippen molar-refractivity contribution in [2.45, 2.75) is 13.0 Å². The van der Waals surface area contributed by atoms with Crippen LogP contribution in [0.3, 0.4) is 0 Å². The Kier molecular flexibility index (Phi) is 4.13. The van der Waals surface area contributed by atoms with Gasteiger partial charge in [-0.2, -0.15) is 10.2 Å². The summed E-state index contributed by atoms with van der Waals surface area (Å²) in [5.74, 6) is 1.93. The molecule has 7 nitrogen and oxygen atoms in total. The first kappa shape index (κ1) is 16.6. The molecule has 1 aromatic carbocycles. The number of halogens is 1. The fourth-order valence-electron chi connectivity index (χ4n) is 2.91. The number of thiazole rings is 1. The molecule has 1 atom stereocenters. The van der Waals surface area contributed by atoms with Gasteiger partial charge in [0.25, 0.3) is 6.01 Å². The third-order valence-electron chi connectivity index (χ3n) is 4.20. The number of nitriles is 1. The summed E-state index contributed by atoms with van der Waals surface area (Å²) < 4.78 is 6.02. The number of aromatic nitrogens is 2. The monoisotopic (exact) mass is 385 g/mol. The SMILES string of the molecule is CC1C(=C=O)NCCN1c1nc2cc(Cl)cc(-c3ncc(C#N)s3)c2o1. The maximum absolute atomic E-state index is 11.1. The first-order chi connectivity index (χ1) is 12.6. The predicted octanol–water partition coefficient (Wildman–Crippen LogP) is 2.99. The van der Waals surface area contributed by atoms with Crippen molar-refractivity contribution < 1.29 is 9.21 Å². The summed E-state index contributed by atoms with van der Waals surface area (Å²) in [6, 6.07) is 5.72. The van der Waals surface area contributed by atoms with Crippen LogP contribution in [0.25, 0.3) is 21.7 Å². The van der Waals surface area contributed by atoms with Crippen molar-refractivity contribution >= 4 is 46.0 Å². The smallest absolute Gasteiger partial charge is 0.299 e. The molecule has 0 radical (unpaired) electrons. The summed E-state index contributed by atoms with van der Waals surface area (Å²) in [4.78, 5) is 22.3. The van der Waals surface area contributed by atoms with Gasteiger partial charge >= 0.3 is 0 Å². The maximum atomic E-state index is 11.1. The lowest BCUT2D eigenvalue weighted by Crippen LogP contribution is -2.48. The van der Waals surface area contributed by atoms with Crippen molar-refractivity contribution in [3.63, 3.8) is 0 Å². The second-order valence-corrected chi connectivity index (χ2v) is 7.22. The molecule has 0 saturated carbocycles. The number of hydrogen-bond acceptors (Lipinski definition) is 8. The Balaban J connectivity index is 1.84. The highest BCUT2D eigenvalue weighted by Crippen LogP contribution is 2.37. The number of anilines is 1. The van der Waals surface area contributed by atoms with Gasteiger partial charge in [-0.05, 0) is 19.1 Å². The van der Waals surface area contributed by atoms with E-state index in [0.29, 0.717) is 56.4 Å². The molecule has 1 aliphatic rings. The van der Waals surface area contributed by atoms with E-state index < -0.39 is 0 Å². The lowest BCUT2D eigenvalue weighted by atomic mass is 10.2. The average Bonchev–Trinajstić information content (AvgIpc) is 3.27. The summed E-state index contributed by atoms with van der Waals surface area (Å²) in [5, 5.41) is 13.2. The standard InChI is InChI=1S/C17H12ClN5O2S/c1-9-14(8-24)20-2-3-23(9)17-22-13-5-10(18)4-12(15(13)25-17)16-21-7-11(6-19)26-16/h4-5,7,9,20H,2-3H2,1H3. The van der Waals surface area contributed by atoms with E-state index in [1.807, 2.05) is 17.8 Å². The second kappa shape index (κ2) is 6.46. The molecule has 26 heavy (non-hydrogen) atoms. The summed E-state index contributed by atoms with van der Waals surface area (Å²) >= 11 is 7.50. The number of fused-ring (bicyclic) bond motifs is 1. The van der Waals surface area contributed by atoms with Gasteiger partial charge in [-0.1, -0.05) is 11.6 Å². The fraction of sp³-hybridized carbons (Fsp3) is 0.235. The molecule has 1 fully saturated rings. The lowest BCUT2D eigenvalue weighted by molar-refractivity contribution is 0.496. The van der Waals surface area contributed by atoms with Crippen molar-refractivity contribution in [3.05, 3.63) is 33.9 Å². The molecule has 3 heterocycles. The summed E-state index contributed by atoms with van der Waals surface area (Å²) in [7, 11) is 0. The topological polar surface area (TPSA) is 95.0 Å². The lowest BCUT2D eigenvalue weighted by Gasteiger charge is -2.33. The van der Waals surface area contributed by atoms with Gasteiger partial charge in [-0.25, -0.2) is 9.78 Å². The van der Waals surface area contributed by atoms with Gasteiger partial charge in [0.1, 0.15) is 33.1 Å². The third-order valence-corrected chi connectivity index (χ3v) is 5.35. The van der Waals surface area contributed by atoms with Gasteiger partial charge in [0.05, 0.1) is 17.8 Å². The molecule has 0 spiro atoms. The minimum absolute atomic E-state index is 0.224. The minimum Gasteiger partial charge on any atom is -0.423 e. The zero-order chi connectivity index (χ0) is 18.3. The molecule has 2 aromatic heterocycles. The Bertz CT molecular complexity index is 1090. The first-order valence-electron chi connectivity index (χ1n) is 7.82. The van der Waals surface area contributed by atoms with Gasteiger partial charge in [0.15, 0.2) is 5.58 Å². The van der Waals surface area contributed by atoms with Gasteiger partial charge in [-0.15, -0.1) is 11.3 Å². The zero-order valence-electron chi connectivity index (χ0n) is 13.6. The van der Waals surface area contributed by atoms with Crippen LogP contribution in [0.15, 0.2) is 28.4 Å². The molecule has 1 N–H and O–H groups in total. The van der Waals surface area contributed by atoms with Crippen molar-refractivity contribution in [1.29, 1.82) is 5.26 Å². The molecule has 130 valence electrons. The van der Waals surface area contributed by atoms with Crippen molar-refractivity contribution in [2.24, 2.45) is 0 Å². The van der Waals surface area contributed by atoms with E-state index in [4.69, 9.17) is 21.3 Å². The maximum Gasteiger partial charge on any atom is 0.299 e. The highest BCUT2D eigenvalue weighted by atomic mass is 35.5. The number of hydrogen-bond donors (Lipinski definition) is 1. The quantitative estimate of drug-likeness (QED) is 0.677. The van der Waals surface area contributed by atoms with Crippen LogP contribution in [0, 0.1) is 11.3 Å². The molecule has 3 aromatic rings. The van der Waals surface area contributed by atoms with Crippen LogP contribution in [0.2, 0.25) is 5.02 Å². The van der Waals surface area contributed by atoms with E-state index in [2.05, 4.69) is 21.4 Å². The normalized spacial score (nSPS) is 17.0. The van der Waals surface area contributed by atoms with E-state index in [1.54, 1.807) is 12.1 Å². The van der Waals surface area contributed by atoms with Crippen LogP contribution in [0.1, 0.15) is 11.8 Å². The molecular weight excluding hydrogens is 374 g/mol. The summed E-state index contributed by atoms with van der Waals surface area (Å²) in [5.41, 5.74) is 2.30. The number of nitrogens with zero attached hydrogens (tertiary/aromatic N) is 4. The van der Waals surface area contributed by atoms with Crippen LogP contribution in [0.4, 0.5) is 6.01 Å². The van der Waals surface area contributed by atoms with Crippen LogP contribution < -0.4 is 10.2 Å². The highest BCUT2D eigenvalue weighted by molar-refractivity contribution is 7.15. The summed E-state index contributed by atoms with van der Waals surface area (Å²) in [6.07, 6.45) is 1.52. The third kappa shape index (κ3) is 2.72. The number of benzene rings is 1. The first-order valence-corrected chi connectivity index (χ1v) is 9.02. The van der Waals surface area contributed by atoms with Crippen LogP contribution in [0.5, 0.6) is 0 Å². The Morgan fingerprint density at radius 1 is 1.50 bits per heavy atom. The molecule has 9 heteroatoms. The Morgan fingerprint density at radius 3 is 3.08 bits per heavy atom. The van der Waals surface area contributed by atoms with Crippen molar-refractivity contribution in [2.75, 3.05) is 18.0 Å². The van der Waals surface area contributed by atoms with Crippen LogP contribution in [-0.4, -0.2) is 35.0 Å². The van der Waals surface area contributed by atoms with E-state index >= 15 is 0 Å². The molecule has 0 amide bonds. The molecule has 1 unspecified atom stereocenters. The largest absolute Gasteiger partial charge is 0.423 e. The fourth-order valence-corrected chi connectivity index (χ4v) is 3.85. The highest BCUT2D eigenvalue weighted by Gasteiger charge is 2.28. The van der Waals surface area contributed by atoms with Gasteiger partial charge in [0, 0.05) is 18.1 Å². The van der Waals surface area contributed by atoms with Gasteiger partial charge in [0.2, 0.25) is 0 Å². The van der Waals surface area contributed by atoms with Crippen molar-refractivity contribution in [1.82, 2.24) is 15.3 Å². The molecule has 1 aliphatic heterocycles. The Labute approximate surface area is 157 Å². The molecule has 1 saturated heterocycles. The molecular formula is C17H12ClN5O2S. The molecule has 4 rings (SSSR count). The zero-order valence-corrected chi connectivity index (χ0v) is 15.2. The van der Waals surface area contributed by atoms with Gasteiger partial charge < -0.3 is 14.6 Å². The average molecular weight is 386 g/mol. The Morgan fingerprint density at radius 2 is 2.35 bits per heavy atom. The summed E-state index contributed by atoms with van der Waals surface area (Å²) in [6.45, 7) is 3.12. The second-order valence-electron chi connectivity index (χ2n) is 5.75. The number of oxazole rings is 1. The van der Waals surface area contributed by atoms with Crippen LogP contribution >= 0.6 is 22.9 Å². The number of rotatable bonds is 2. The van der Waals surface area contributed by atoms with Crippen molar-refractivity contribution in [3.8, 4) is 16.6 Å². The van der Waals surface area contributed by atoms with E-state index in [0.717, 1.165) is 0 Å². The minimum atomic E-state index is -0.224. The number of nitrogens with one attached hydrogen (secondary N) is 1. The van der Waals surface area contributed by atoms with Crippen LogP contribution in [-0.2, 0) is 4.79 Å². The molecule has 0 bridgehead atoms. The van der Waals surface area contributed by atoms with E-state index in [9.17, 15) is 4.79 Å².